The first-order valence-corrected chi connectivity index (χ1v) is 9.85. The normalized spacial score (nSPS) is 11.2. The largest absolute Gasteiger partial charge is 0.452 e. The topological polar surface area (TPSA) is 68.3 Å². The Kier molecular flexibility index (Phi) is 6.98. The van der Waals surface area contributed by atoms with Gasteiger partial charge in [0.1, 0.15) is 5.82 Å². The molecule has 3 rings (SSSR count). The maximum absolute atomic E-state index is 13.1. The van der Waals surface area contributed by atoms with Crippen molar-refractivity contribution in [1.29, 1.82) is 0 Å². The van der Waals surface area contributed by atoms with E-state index in [1.807, 2.05) is 5.38 Å². The van der Waals surface area contributed by atoms with Crippen molar-refractivity contribution in [3.63, 3.8) is 0 Å². The number of aromatic nitrogens is 1. The summed E-state index contributed by atoms with van der Waals surface area (Å²) in [7, 11) is 0. The monoisotopic (exact) mass is 450 g/mol. The van der Waals surface area contributed by atoms with Crippen LogP contribution in [-0.4, -0.2) is 23.5 Å². The summed E-state index contributed by atoms with van der Waals surface area (Å²) in [6.07, 6.45) is 2.90. The zero-order valence-electron chi connectivity index (χ0n) is 14.7. The second-order valence-electron chi connectivity index (χ2n) is 5.70. The van der Waals surface area contributed by atoms with Gasteiger partial charge in [-0.15, -0.1) is 11.3 Å². The fourth-order valence-corrected chi connectivity index (χ4v) is 3.43. The summed E-state index contributed by atoms with van der Waals surface area (Å²) in [6, 6.07) is 10.6. The third kappa shape index (κ3) is 5.87. The number of carbonyl (C=O) groups excluding carboxylic acids is 2. The van der Waals surface area contributed by atoms with Gasteiger partial charge >= 0.3 is 5.97 Å². The van der Waals surface area contributed by atoms with Crippen LogP contribution in [0.25, 0.3) is 11.6 Å². The summed E-state index contributed by atoms with van der Waals surface area (Å²) in [4.78, 5) is 29.2. The van der Waals surface area contributed by atoms with Crippen molar-refractivity contribution in [3.05, 3.63) is 80.3 Å². The maximum Gasteiger partial charge on any atom is 0.340 e. The van der Waals surface area contributed by atoms with E-state index in [-0.39, 0.29) is 22.2 Å². The lowest BCUT2D eigenvalue weighted by molar-refractivity contribution is -0.141. The fourth-order valence-electron chi connectivity index (χ4n) is 2.27. The van der Waals surface area contributed by atoms with E-state index in [9.17, 15) is 14.0 Å². The molecule has 3 aromatic rings. The Labute approximate surface area is 179 Å². The molecule has 0 aliphatic rings. The van der Waals surface area contributed by atoms with Crippen LogP contribution in [0.4, 0.5) is 10.2 Å². The van der Waals surface area contributed by atoms with Crippen LogP contribution in [0, 0.1) is 5.82 Å². The quantitative estimate of drug-likeness (QED) is 0.407. The highest BCUT2D eigenvalue weighted by molar-refractivity contribution is 7.11. The molecular weight excluding hydrogens is 438 g/mol. The van der Waals surface area contributed by atoms with Crippen molar-refractivity contribution in [2.24, 2.45) is 0 Å². The predicted octanol–water partition coefficient (Wildman–Crippen LogP) is 5.31. The number of ether oxygens (including phenoxy) is 1. The highest BCUT2D eigenvalue weighted by Crippen LogP contribution is 2.25. The fraction of sp³-hybridized carbons (Fsp3) is 0.0500. The smallest absolute Gasteiger partial charge is 0.340 e. The van der Waals surface area contributed by atoms with Crippen LogP contribution in [0.5, 0.6) is 0 Å². The minimum atomic E-state index is -0.693. The van der Waals surface area contributed by atoms with Crippen LogP contribution in [0.1, 0.15) is 10.4 Å². The number of benzene rings is 1. The molecule has 0 unspecified atom stereocenters. The molecule has 0 aliphatic heterocycles. The van der Waals surface area contributed by atoms with E-state index in [0.717, 1.165) is 0 Å². The number of amides is 1. The number of anilines is 1. The number of carbonyl (C=O) groups is 2. The van der Waals surface area contributed by atoms with E-state index in [1.54, 1.807) is 18.2 Å². The third-order valence-electron chi connectivity index (χ3n) is 3.59. The molecule has 0 saturated heterocycles. The van der Waals surface area contributed by atoms with E-state index in [0.29, 0.717) is 15.5 Å². The molecular formula is C20H13Cl2FN2O3S. The van der Waals surface area contributed by atoms with Gasteiger partial charge in [0.25, 0.3) is 5.91 Å². The number of rotatable bonds is 6. The Morgan fingerprint density at radius 2 is 1.97 bits per heavy atom. The maximum atomic E-state index is 13.1. The Bertz CT molecular complexity index is 1050. The molecule has 1 amide bonds. The first kappa shape index (κ1) is 21.0. The number of nitrogens with zero attached hydrogens (tertiary/aromatic N) is 1. The molecule has 2 heterocycles. The molecule has 0 saturated carbocycles. The van der Waals surface area contributed by atoms with Gasteiger partial charge in [-0.05, 0) is 41.3 Å². The minimum Gasteiger partial charge on any atom is -0.452 e. The van der Waals surface area contributed by atoms with Crippen LogP contribution in [0.15, 0.2) is 54.0 Å². The van der Waals surface area contributed by atoms with E-state index in [2.05, 4.69) is 10.3 Å². The van der Waals surface area contributed by atoms with Gasteiger partial charge in [0.2, 0.25) is 0 Å². The average Bonchev–Trinajstić information content (AvgIpc) is 3.22. The highest BCUT2D eigenvalue weighted by atomic mass is 35.5. The van der Waals surface area contributed by atoms with Gasteiger partial charge in [0, 0.05) is 11.1 Å². The molecule has 2 aromatic heterocycles. The van der Waals surface area contributed by atoms with Gasteiger partial charge in [0.15, 0.2) is 12.4 Å². The summed E-state index contributed by atoms with van der Waals surface area (Å²) in [5.74, 6) is -1.57. The summed E-state index contributed by atoms with van der Waals surface area (Å²) in [6.45, 7) is -0.536. The number of halogens is 3. The van der Waals surface area contributed by atoms with Crippen molar-refractivity contribution in [3.8, 4) is 0 Å². The number of esters is 1. The van der Waals surface area contributed by atoms with Gasteiger partial charge in [-0.3, -0.25) is 4.79 Å². The molecule has 0 atom stereocenters. The zero-order chi connectivity index (χ0) is 20.8. The molecule has 0 bridgehead atoms. The average molecular weight is 451 g/mol. The SMILES string of the molecule is O=C(COC(=O)/C(=C\c1ccc(F)cc1)c1cccs1)Nc1ncc(Cl)cc1Cl. The van der Waals surface area contributed by atoms with Gasteiger partial charge in [-0.2, -0.15) is 0 Å². The molecule has 29 heavy (non-hydrogen) atoms. The zero-order valence-corrected chi connectivity index (χ0v) is 17.0. The van der Waals surface area contributed by atoms with Crippen LogP contribution in [-0.2, 0) is 14.3 Å². The summed E-state index contributed by atoms with van der Waals surface area (Å²) >= 11 is 13.1. The molecule has 0 radical (unpaired) electrons. The van der Waals surface area contributed by atoms with Crippen molar-refractivity contribution >= 4 is 63.9 Å². The van der Waals surface area contributed by atoms with Crippen LogP contribution in [0.2, 0.25) is 10.0 Å². The van der Waals surface area contributed by atoms with Crippen molar-refractivity contribution < 1.29 is 18.7 Å². The summed E-state index contributed by atoms with van der Waals surface area (Å²) in [5.41, 5.74) is 0.871. The van der Waals surface area contributed by atoms with Crippen LogP contribution in [0.3, 0.4) is 0 Å². The molecule has 0 aliphatic carbocycles. The summed E-state index contributed by atoms with van der Waals surface area (Å²) < 4.78 is 18.3. The molecule has 0 fully saturated rings. The van der Waals surface area contributed by atoms with Crippen molar-refractivity contribution in [2.45, 2.75) is 0 Å². The Balaban J connectivity index is 1.70. The lowest BCUT2D eigenvalue weighted by atomic mass is 10.1. The van der Waals surface area contributed by atoms with E-state index >= 15 is 0 Å². The van der Waals surface area contributed by atoms with E-state index in [4.69, 9.17) is 27.9 Å². The molecule has 5 nitrogen and oxygen atoms in total. The van der Waals surface area contributed by atoms with Crippen molar-refractivity contribution in [1.82, 2.24) is 4.98 Å². The molecule has 148 valence electrons. The molecule has 0 spiro atoms. The Morgan fingerprint density at radius 3 is 2.62 bits per heavy atom. The number of thiophene rings is 1. The first-order valence-electron chi connectivity index (χ1n) is 8.21. The van der Waals surface area contributed by atoms with Crippen molar-refractivity contribution in [2.75, 3.05) is 11.9 Å². The third-order valence-corrected chi connectivity index (χ3v) is 4.99. The second-order valence-corrected chi connectivity index (χ2v) is 7.49. The molecule has 9 heteroatoms. The lowest BCUT2D eigenvalue weighted by Crippen LogP contribution is -2.22. The van der Waals surface area contributed by atoms with Crippen LogP contribution >= 0.6 is 34.5 Å². The van der Waals surface area contributed by atoms with Gasteiger partial charge in [-0.25, -0.2) is 14.2 Å². The number of hydrogen-bond donors (Lipinski definition) is 1. The predicted molar refractivity (Wildman–Crippen MR) is 112 cm³/mol. The van der Waals surface area contributed by atoms with E-state index in [1.165, 1.54) is 47.9 Å². The number of pyridine rings is 1. The van der Waals surface area contributed by atoms with E-state index < -0.39 is 18.5 Å². The van der Waals surface area contributed by atoms with Gasteiger partial charge in [-0.1, -0.05) is 41.4 Å². The van der Waals surface area contributed by atoms with Gasteiger partial charge in [0.05, 0.1) is 15.6 Å². The lowest BCUT2D eigenvalue weighted by Gasteiger charge is -2.09. The minimum absolute atomic E-state index is 0.109. The number of nitrogens with one attached hydrogen (secondary N) is 1. The van der Waals surface area contributed by atoms with Crippen LogP contribution < -0.4 is 5.32 Å². The Morgan fingerprint density at radius 1 is 1.21 bits per heavy atom. The highest BCUT2D eigenvalue weighted by Gasteiger charge is 2.17. The van der Waals surface area contributed by atoms with Gasteiger partial charge < -0.3 is 10.1 Å². The standard InChI is InChI=1S/C20H13Cl2FN2O3S/c21-13-9-16(22)19(24-10-13)25-18(26)11-28-20(27)15(17-2-1-7-29-17)8-12-3-5-14(23)6-4-12/h1-10H,11H2,(H,24,25,26)/b15-8-. The molecule has 1 N–H and O–H groups in total. The Hall–Kier alpha value is -2.74. The summed E-state index contributed by atoms with van der Waals surface area (Å²) in [5, 5.41) is 4.74. The molecule has 1 aromatic carbocycles. The number of hydrogen-bond acceptors (Lipinski definition) is 5. The first-order chi connectivity index (χ1) is 13.9. The second kappa shape index (κ2) is 9.65.